The quantitative estimate of drug-likeness (QED) is 0.736. The summed E-state index contributed by atoms with van der Waals surface area (Å²) in [6.45, 7) is 2.82. The summed E-state index contributed by atoms with van der Waals surface area (Å²) >= 11 is 1.73. The van der Waals surface area contributed by atoms with E-state index in [0.29, 0.717) is 18.2 Å². The maximum atomic E-state index is 11.7. The summed E-state index contributed by atoms with van der Waals surface area (Å²) in [5.41, 5.74) is 0. The number of rotatable bonds is 7. The zero-order valence-electron chi connectivity index (χ0n) is 11.9. The molecule has 2 rings (SSSR count). The molecule has 2 atom stereocenters. The van der Waals surface area contributed by atoms with Gasteiger partial charge in [0, 0.05) is 11.4 Å². The van der Waals surface area contributed by atoms with Gasteiger partial charge in [0.05, 0.1) is 12.8 Å². The van der Waals surface area contributed by atoms with Gasteiger partial charge in [-0.15, -0.1) is 11.3 Å². The molecule has 0 fully saturated rings. The van der Waals surface area contributed by atoms with E-state index in [4.69, 9.17) is 4.42 Å². The molecular weight excluding hydrogens is 288 g/mol. The Morgan fingerprint density at radius 3 is 2.81 bits per heavy atom. The van der Waals surface area contributed by atoms with Crippen LogP contribution in [0, 0.1) is 5.92 Å². The molecule has 0 saturated heterocycles. The number of nitrogens with one attached hydrogen (secondary N) is 2. The molecule has 114 valence electrons. The molecular formula is C15H20N2O3S. The Kier molecular flexibility index (Phi) is 5.83. The van der Waals surface area contributed by atoms with Gasteiger partial charge in [-0.2, -0.15) is 0 Å². The van der Waals surface area contributed by atoms with Gasteiger partial charge in [0.2, 0.25) is 0 Å². The first kappa shape index (κ1) is 15.6. The van der Waals surface area contributed by atoms with Crippen LogP contribution in [0.1, 0.15) is 23.7 Å². The number of furan rings is 1. The topological polar surface area (TPSA) is 74.5 Å². The van der Waals surface area contributed by atoms with Crippen LogP contribution < -0.4 is 10.6 Å². The minimum atomic E-state index is -0.825. The molecule has 3 N–H and O–H groups in total. The van der Waals surface area contributed by atoms with Crippen LogP contribution >= 0.6 is 11.3 Å². The van der Waals surface area contributed by atoms with Crippen molar-refractivity contribution >= 4 is 17.4 Å². The third-order valence-corrected chi connectivity index (χ3v) is 3.97. The first-order chi connectivity index (χ1) is 10.1. The van der Waals surface area contributed by atoms with Crippen LogP contribution in [0.4, 0.5) is 4.79 Å². The number of urea groups is 1. The fourth-order valence-corrected chi connectivity index (χ4v) is 2.81. The molecule has 6 heteroatoms. The highest BCUT2D eigenvalue weighted by Crippen LogP contribution is 2.14. The average Bonchev–Trinajstić information content (AvgIpc) is 3.15. The van der Waals surface area contributed by atoms with E-state index in [1.54, 1.807) is 23.5 Å². The molecule has 0 aliphatic carbocycles. The number of hydrogen-bond acceptors (Lipinski definition) is 4. The number of carbonyl (C=O) groups excluding carboxylic acids is 1. The molecule has 0 spiro atoms. The predicted octanol–water partition coefficient (Wildman–Crippen LogP) is 2.55. The average molecular weight is 308 g/mol. The van der Waals surface area contributed by atoms with E-state index in [1.807, 2.05) is 6.07 Å². The lowest BCUT2D eigenvalue weighted by atomic mass is 10.1. The van der Waals surface area contributed by atoms with Gasteiger partial charge >= 0.3 is 6.03 Å². The molecule has 0 saturated carbocycles. The van der Waals surface area contributed by atoms with Crippen molar-refractivity contribution in [2.75, 3.05) is 13.1 Å². The van der Waals surface area contributed by atoms with Gasteiger partial charge in [0.1, 0.15) is 11.9 Å². The van der Waals surface area contributed by atoms with Crippen LogP contribution in [0.2, 0.25) is 0 Å². The number of carbonyl (C=O) groups is 1. The summed E-state index contributed by atoms with van der Waals surface area (Å²) in [5, 5.41) is 17.3. The van der Waals surface area contributed by atoms with Crippen molar-refractivity contribution in [2.45, 2.75) is 19.4 Å². The van der Waals surface area contributed by atoms with E-state index in [-0.39, 0.29) is 12.6 Å². The van der Waals surface area contributed by atoms with Crippen LogP contribution in [0.15, 0.2) is 40.3 Å². The molecule has 2 amide bonds. The first-order valence-corrected chi connectivity index (χ1v) is 7.78. The molecule has 2 aromatic rings. The van der Waals surface area contributed by atoms with Crippen LogP contribution in [-0.2, 0) is 6.42 Å². The minimum absolute atomic E-state index is 0.124. The molecule has 21 heavy (non-hydrogen) atoms. The van der Waals surface area contributed by atoms with E-state index in [2.05, 4.69) is 29.0 Å². The van der Waals surface area contributed by atoms with Gasteiger partial charge in [0.25, 0.3) is 0 Å². The predicted molar refractivity (Wildman–Crippen MR) is 82.3 cm³/mol. The third kappa shape index (κ3) is 5.24. The zero-order chi connectivity index (χ0) is 15.1. The van der Waals surface area contributed by atoms with Gasteiger partial charge < -0.3 is 20.2 Å². The highest BCUT2D eigenvalue weighted by Gasteiger charge is 2.12. The number of thiophene rings is 1. The Morgan fingerprint density at radius 2 is 2.14 bits per heavy atom. The number of hydrogen-bond donors (Lipinski definition) is 3. The largest absolute Gasteiger partial charge is 0.467 e. The van der Waals surface area contributed by atoms with E-state index in [0.717, 1.165) is 6.42 Å². The highest BCUT2D eigenvalue weighted by atomic mass is 32.1. The van der Waals surface area contributed by atoms with Crippen molar-refractivity contribution in [3.8, 4) is 0 Å². The zero-order valence-corrected chi connectivity index (χ0v) is 12.7. The lowest BCUT2D eigenvalue weighted by molar-refractivity contribution is 0.148. The summed E-state index contributed by atoms with van der Waals surface area (Å²) in [5.74, 6) is 0.811. The van der Waals surface area contributed by atoms with Crippen molar-refractivity contribution < 1.29 is 14.3 Å². The van der Waals surface area contributed by atoms with Crippen LogP contribution in [-0.4, -0.2) is 24.2 Å². The number of aliphatic hydroxyl groups is 1. The summed E-state index contributed by atoms with van der Waals surface area (Å²) in [6, 6.07) is 7.22. The molecule has 2 aromatic heterocycles. The summed E-state index contributed by atoms with van der Waals surface area (Å²) in [6.07, 6.45) is 1.62. The second kappa shape index (κ2) is 7.85. The maximum absolute atomic E-state index is 11.7. The molecule has 2 heterocycles. The van der Waals surface area contributed by atoms with Gasteiger partial charge in [-0.3, -0.25) is 0 Å². The molecule has 0 bridgehead atoms. The smallest absolute Gasteiger partial charge is 0.314 e. The van der Waals surface area contributed by atoms with Crippen molar-refractivity contribution in [1.29, 1.82) is 0 Å². The summed E-state index contributed by atoms with van der Waals surface area (Å²) < 4.78 is 5.06. The molecule has 0 aliphatic heterocycles. The lowest BCUT2D eigenvalue weighted by Gasteiger charge is -2.14. The number of aliphatic hydroxyl groups excluding tert-OH is 1. The Labute approximate surface area is 128 Å². The van der Waals surface area contributed by atoms with Crippen molar-refractivity contribution in [1.82, 2.24) is 10.6 Å². The van der Waals surface area contributed by atoms with Gasteiger partial charge in [-0.25, -0.2) is 4.79 Å². The minimum Gasteiger partial charge on any atom is -0.467 e. The second-order valence-corrected chi connectivity index (χ2v) is 6.04. The Bertz CT molecular complexity index is 525. The third-order valence-electron chi connectivity index (χ3n) is 3.07. The van der Waals surface area contributed by atoms with E-state index in [9.17, 15) is 9.90 Å². The molecule has 0 aromatic carbocycles. The summed E-state index contributed by atoms with van der Waals surface area (Å²) in [4.78, 5) is 13.0. The highest BCUT2D eigenvalue weighted by molar-refractivity contribution is 7.09. The van der Waals surface area contributed by atoms with Crippen molar-refractivity contribution in [3.05, 3.63) is 46.5 Å². The maximum Gasteiger partial charge on any atom is 0.314 e. The number of amides is 2. The van der Waals surface area contributed by atoms with Crippen LogP contribution in [0.3, 0.4) is 0 Å². The van der Waals surface area contributed by atoms with Crippen LogP contribution in [0.25, 0.3) is 0 Å². The van der Waals surface area contributed by atoms with Crippen molar-refractivity contribution in [2.24, 2.45) is 5.92 Å². The van der Waals surface area contributed by atoms with Crippen molar-refractivity contribution in [3.63, 3.8) is 0 Å². The molecule has 5 nitrogen and oxygen atoms in total. The Morgan fingerprint density at radius 1 is 1.33 bits per heavy atom. The van der Waals surface area contributed by atoms with Gasteiger partial charge in [-0.05, 0) is 35.9 Å². The Balaban J connectivity index is 1.63. The van der Waals surface area contributed by atoms with Crippen LogP contribution in [0.5, 0.6) is 0 Å². The van der Waals surface area contributed by atoms with E-state index in [1.165, 1.54) is 11.1 Å². The second-order valence-electron chi connectivity index (χ2n) is 5.01. The first-order valence-electron chi connectivity index (χ1n) is 6.90. The normalized spacial score (nSPS) is 13.6. The summed E-state index contributed by atoms with van der Waals surface area (Å²) in [7, 11) is 0. The lowest BCUT2D eigenvalue weighted by Crippen LogP contribution is -2.39. The molecule has 0 radical (unpaired) electrons. The van der Waals surface area contributed by atoms with Gasteiger partial charge in [0.15, 0.2) is 0 Å². The fourth-order valence-electron chi connectivity index (χ4n) is 1.94. The van der Waals surface area contributed by atoms with E-state index < -0.39 is 6.10 Å². The van der Waals surface area contributed by atoms with E-state index >= 15 is 0 Å². The standard InChI is InChI=1S/C15H20N2O3S/c1-11(8-12-4-3-7-21-12)9-16-15(19)17-10-13(18)14-5-2-6-20-14/h2-7,11,13,18H,8-10H2,1H3,(H2,16,17,19). The SMILES string of the molecule is CC(CNC(=O)NCC(O)c1ccco1)Cc1cccs1. The Hall–Kier alpha value is -1.79. The monoisotopic (exact) mass is 308 g/mol. The molecule has 0 aliphatic rings. The fraction of sp³-hybridized carbons (Fsp3) is 0.400. The molecule has 2 unspecified atom stereocenters. The van der Waals surface area contributed by atoms with Gasteiger partial charge in [-0.1, -0.05) is 13.0 Å².